The molecular weight excluding hydrogens is 508 g/mol. The zero-order chi connectivity index (χ0) is 31.3. The second-order valence-corrected chi connectivity index (χ2v) is 8.73. The molecule has 0 aliphatic heterocycles. The van der Waals surface area contributed by atoms with E-state index in [9.17, 15) is 0 Å². The van der Waals surface area contributed by atoms with E-state index in [1.165, 1.54) is 22.3 Å². The van der Waals surface area contributed by atoms with Gasteiger partial charge in [0.2, 0.25) is 0 Å². The molecule has 4 rings (SSSR count). The Morgan fingerprint density at radius 2 is 1.19 bits per heavy atom. The molecule has 3 aromatic carbocycles. The van der Waals surface area contributed by atoms with Gasteiger partial charge in [-0.15, -0.1) is 0 Å². The third-order valence-electron chi connectivity index (χ3n) is 6.41. The number of aryl methyl sites for hydroxylation is 1. The van der Waals surface area contributed by atoms with Crippen molar-refractivity contribution in [2.24, 2.45) is 0 Å². The van der Waals surface area contributed by atoms with Crippen molar-refractivity contribution < 1.29 is 0 Å². The van der Waals surface area contributed by atoms with Crippen LogP contribution in [-0.2, 0) is 12.8 Å². The molecular formula is C40H52N2. The molecule has 0 unspecified atom stereocenters. The van der Waals surface area contributed by atoms with Crippen LogP contribution in [0.15, 0.2) is 98.1 Å². The van der Waals surface area contributed by atoms with Crippen molar-refractivity contribution in [1.82, 2.24) is 4.98 Å². The van der Waals surface area contributed by atoms with Crippen molar-refractivity contribution in [1.29, 1.82) is 0 Å². The molecule has 42 heavy (non-hydrogen) atoms. The molecule has 0 spiro atoms. The molecule has 0 aliphatic carbocycles. The number of nitrogens with one attached hydrogen (secondary N) is 1. The Balaban J connectivity index is 0.00000138. The van der Waals surface area contributed by atoms with E-state index in [1.807, 2.05) is 66.7 Å². The average Bonchev–Trinajstić information content (AvgIpc) is 3.07. The zero-order valence-corrected chi connectivity index (χ0v) is 27.3. The molecule has 222 valence electrons. The van der Waals surface area contributed by atoms with Gasteiger partial charge in [0.25, 0.3) is 0 Å². The van der Waals surface area contributed by atoms with Crippen LogP contribution in [0.2, 0.25) is 0 Å². The lowest BCUT2D eigenvalue weighted by Gasteiger charge is -2.18. The second kappa shape index (κ2) is 20.7. The fourth-order valence-corrected chi connectivity index (χ4v) is 4.62. The number of rotatable bonds is 10. The highest BCUT2D eigenvalue weighted by atomic mass is 14.8. The molecule has 0 saturated carbocycles. The maximum Gasteiger partial charge on any atom is 0.0747 e. The molecule has 4 aromatic rings. The summed E-state index contributed by atoms with van der Waals surface area (Å²) in [7, 11) is 0. The summed E-state index contributed by atoms with van der Waals surface area (Å²) in [6.45, 7) is 25.3. The van der Waals surface area contributed by atoms with Gasteiger partial charge < -0.3 is 5.32 Å². The molecule has 0 saturated heterocycles. The van der Waals surface area contributed by atoms with Gasteiger partial charge in [0.1, 0.15) is 0 Å². The summed E-state index contributed by atoms with van der Waals surface area (Å²) >= 11 is 0. The molecule has 0 radical (unpaired) electrons. The van der Waals surface area contributed by atoms with E-state index in [1.54, 1.807) is 0 Å². The van der Waals surface area contributed by atoms with E-state index in [4.69, 9.17) is 4.98 Å². The minimum atomic E-state index is 0.873. The average molecular weight is 561 g/mol. The van der Waals surface area contributed by atoms with Gasteiger partial charge in [-0.3, -0.25) is 0 Å². The molecule has 1 N–H and O–H groups in total. The zero-order valence-electron chi connectivity index (χ0n) is 27.3. The summed E-state index contributed by atoms with van der Waals surface area (Å²) < 4.78 is 0. The fourth-order valence-electron chi connectivity index (χ4n) is 4.62. The number of allylic oxidation sites excluding steroid dienone is 1. The summed E-state index contributed by atoms with van der Waals surface area (Å²) in [5, 5.41) is 3.35. The minimum absolute atomic E-state index is 0.873. The van der Waals surface area contributed by atoms with Crippen LogP contribution in [0.25, 0.3) is 40.6 Å². The number of aromatic nitrogens is 1. The lowest BCUT2D eigenvalue weighted by Crippen LogP contribution is -2.05. The van der Waals surface area contributed by atoms with E-state index in [-0.39, 0.29) is 0 Å². The van der Waals surface area contributed by atoms with Gasteiger partial charge in [0.15, 0.2) is 0 Å². The molecule has 1 heterocycles. The Hall–Kier alpha value is -4.17. The highest BCUT2D eigenvalue weighted by Gasteiger charge is 2.17. The summed E-state index contributed by atoms with van der Waals surface area (Å²) in [6.07, 6.45) is 9.74. The molecule has 0 atom stereocenters. The third-order valence-corrected chi connectivity index (χ3v) is 6.41. The second-order valence-electron chi connectivity index (χ2n) is 8.73. The maximum atomic E-state index is 5.14. The van der Waals surface area contributed by atoms with Gasteiger partial charge in [-0.25, -0.2) is 4.98 Å². The SMILES string of the molecule is C=Cc1c(/C=C\C)nc(-c2ccc(-c3ccc(NCC)cc3)cc2)c(CCc2ccccc2)c1C=C.CC.CC.CC. The molecule has 0 bridgehead atoms. The van der Waals surface area contributed by atoms with Gasteiger partial charge in [0, 0.05) is 23.4 Å². The first-order valence-electron chi connectivity index (χ1n) is 15.6. The first-order chi connectivity index (χ1) is 20.7. The summed E-state index contributed by atoms with van der Waals surface area (Å²) in [4.78, 5) is 5.14. The van der Waals surface area contributed by atoms with Crippen LogP contribution in [0, 0.1) is 0 Å². The highest BCUT2D eigenvalue weighted by Crippen LogP contribution is 2.33. The predicted octanol–water partition coefficient (Wildman–Crippen LogP) is 12.0. The van der Waals surface area contributed by atoms with Gasteiger partial charge in [-0.05, 0) is 72.7 Å². The predicted molar refractivity (Wildman–Crippen MR) is 192 cm³/mol. The van der Waals surface area contributed by atoms with Crippen LogP contribution in [0.3, 0.4) is 0 Å². The van der Waals surface area contributed by atoms with Crippen molar-refractivity contribution in [3.05, 3.63) is 126 Å². The van der Waals surface area contributed by atoms with E-state index in [0.29, 0.717) is 0 Å². The van der Waals surface area contributed by atoms with Gasteiger partial charge in [-0.2, -0.15) is 0 Å². The van der Waals surface area contributed by atoms with Crippen molar-refractivity contribution in [2.75, 3.05) is 11.9 Å². The lowest BCUT2D eigenvalue weighted by atomic mass is 9.90. The standard InChI is InChI=1S/C34H34N2.3C2H6/c1-5-12-33-31(7-3)30(6-2)32(24-15-25-13-10-9-11-14-25)34(36-33)28-18-16-26(17-19-28)27-20-22-29(23-21-27)35-8-4;3*1-2/h5-7,9-14,16-23,35H,2-3,8,15,24H2,1,4H3;3*1-2H3/b12-5-;;;. The van der Waals surface area contributed by atoms with Crippen LogP contribution in [0.5, 0.6) is 0 Å². The molecule has 2 nitrogen and oxygen atoms in total. The smallest absolute Gasteiger partial charge is 0.0747 e. The number of anilines is 1. The molecule has 0 amide bonds. The first-order valence-corrected chi connectivity index (χ1v) is 15.6. The lowest BCUT2D eigenvalue weighted by molar-refractivity contribution is 0.948. The molecule has 2 heteroatoms. The van der Waals surface area contributed by atoms with Crippen molar-refractivity contribution in [3.63, 3.8) is 0 Å². The summed E-state index contributed by atoms with van der Waals surface area (Å²) in [6, 6.07) is 27.9. The van der Waals surface area contributed by atoms with Crippen LogP contribution < -0.4 is 5.32 Å². The Kier molecular flexibility index (Phi) is 17.6. The Labute approximate surface area is 257 Å². The van der Waals surface area contributed by atoms with E-state index in [2.05, 4.69) is 110 Å². The number of hydrogen-bond acceptors (Lipinski definition) is 2. The van der Waals surface area contributed by atoms with Gasteiger partial charge >= 0.3 is 0 Å². The Morgan fingerprint density at radius 1 is 0.667 bits per heavy atom. The Morgan fingerprint density at radius 3 is 1.69 bits per heavy atom. The molecule has 1 aromatic heterocycles. The summed E-state index contributed by atoms with van der Waals surface area (Å²) in [5.41, 5.74) is 11.2. The Bertz CT molecular complexity index is 1350. The third kappa shape index (κ3) is 9.73. The van der Waals surface area contributed by atoms with Crippen molar-refractivity contribution in [2.45, 2.75) is 68.2 Å². The number of pyridine rings is 1. The first kappa shape index (κ1) is 35.9. The fraction of sp³-hybridized carbons (Fsp3) is 0.275. The maximum absolute atomic E-state index is 5.14. The number of nitrogens with zero attached hydrogens (tertiary/aromatic N) is 1. The van der Waals surface area contributed by atoms with Gasteiger partial charge in [-0.1, -0.05) is 140 Å². The van der Waals surface area contributed by atoms with Gasteiger partial charge in [0.05, 0.1) is 11.4 Å². The normalized spacial score (nSPS) is 9.81. The van der Waals surface area contributed by atoms with Crippen LogP contribution >= 0.6 is 0 Å². The minimum Gasteiger partial charge on any atom is -0.385 e. The number of hydrogen-bond donors (Lipinski definition) is 1. The van der Waals surface area contributed by atoms with E-state index >= 15 is 0 Å². The quantitative estimate of drug-likeness (QED) is 0.209. The largest absolute Gasteiger partial charge is 0.385 e. The molecule has 0 fully saturated rings. The van der Waals surface area contributed by atoms with Crippen LogP contribution in [-0.4, -0.2) is 11.5 Å². The van der Waals surface area contributed by atoms with Crippen LogP contribution in [0.4, 0.5) is 5.69 Å². The highest BCUT2D eigenvalue weighted by molar-refractivity contribution is 5.80. The topological polar surface area (TPSA) is 24.9 Å². The van der Waals surface area contributed by atoms with E-state index < -0.39 is 0 Å². The molecule has 0 aliphatic rings. The summed E-state index contributed by atoms with van der Waals surface area (Å²) in [5.74, 6) is 0. The van der Waals surface area contributed by atoms with Crippen molar-refractivity contribution in [3.8, 4) is 22.4 Å². The van der Waals surface area contributed by atoms with E-state index in [0.717, 1.165) is 53.2 Å². The van der Waals surface area contributed by atoms with Crippen LogP contribution in [0.1, 0.15) is 83.3 Å². The van der Waals surface area contributed by atoms with Crippen molar-refractivity contribution >= 4 is 23.9 Å². The number of benzene rings is 3. The monoisotopic (exact) mass is 560 g/mol.